The second-order valence-electron chi connectivity index (χ2n) is 12.5. The van der Waals surface area contributed by atoms with Crippen molar-refractivity contribution < 1.29 is 12.9 Å². The van der Waals surface area contributed by atoms with Gasteiger partial charge >= 0.3 is 217 Å². The van der Waals surface area contributed by atoms with E-state index >= 15 is 0 Å². The van der Waals surface area contributed by atoms with E-state index in [2.05, 4.69) is 118 Å². The summed E-state index contributed by atoms with van der Waals surface area (Å²) in [6.45, 7) is 0. The van der Waals surface area contributed by atoms with Crippen molar-refractivity contribution in [3.05, 3.63) is 143 Å². The monoisotopic (exact) mass is 586 g/mol. The van der Waals surface area contributed by atoms with Gasteiger partial charge in [0.05, 0.1) is 0 Å². The SMILES string of the molecule is [CH2]=[Zr]([CH3])([CH3])([Cl])([Cl])([CH]1C(c2ccccc2)=Cc2ccccc21)[CH]1C(c2ccccc2)=Cc2ccccc21. The summed E-state index contributed by atoms with van der Waals surface area (Å²) >= 11 is -6.20. The molecule has 0 aliphatic heterocycles. The molecule has 2 aliphatic rings. The van der Waals surface area contributed by atoms with Crippen molar-refractivity contribution in [2.45, 2.75) is 16.5 Å². The van der Waals surface area contributed by atoms with E-state index in [0.717, 1.165) is 22.3 Å². The van der Waals surface area contributed by atoms with Crippen LogP contribution in [-0.2, 0) is 12.9 Å². The summed E-state index contributed by atoms with van der Waals surface area (Å²) in [5.41, 5.74) is 9.25. The molecule has 0 amide bonds. The Labute approximate surface area is 215 Å². The third-order valence-electron chi connectivity index (χ3n) is 8.41. The first-order valence-corrected chi connectivity index (χ1v) is 28.4. The van der Waals surface area contributed by atoms with Crippen LogP contribution in [-0.4, -0.2) is 4.21 Å². The number of hydrogen-bond acceptors (Lipinski definition) is 0. The Morgan fingerprint density at radius 1 is 0.528 bits per heavy atom. The predicted octanol–water partition coefficient (Wildman–Crippen LogP) is 10.2. The maximum atomic E-state index is 8.42. The van der Waals surface area contributed by atoms with E-state index in [1.807, 2.05) is 12.1 Å². The van der Waals surface area contributed by atoms with E-state index in [1.165, 1.54) is 22.3 Å². The zero-order valence-corrected chi connectivity index (χ0v) is 24.6. The van der Waals surface area contributed by atoms with E-state index in [-0.39, 0.29) is 7.25 Å². The van der Waals surface area contributed by atoms with Gasteiger partial charge in [-0.2, -0.15) is 0 Å². The molecule has 0 spiro atoms. The molecule has 0 aromatic heterocycles. The molecular weight excluding hydrogens is 558 g/mol. The van der Waals surface area contributed by atoms with Gasteiger partial charge in [-0.15, -0.1) is 0 Å². The molecule has 4 aromatic carbocycles. The zero-order chi connectivity index (χ0) is 25.3. The number of halogens is 2. The number of rotatable bonds is 4. The van der Waals surface area contributed by atoms with Gasteiger partial charge in [-0.1, -0.05) is 0 Å². The quantitative estimate of drug-likeness (QED) is 0.223. The summed E-state index contributed by atoms with van der Waals surface area (Å²) < 4.78 is 8.92. The average Bonchev–Trinajstić information content (AvgIpc) is 3.46. The fourth-order valence-corrected chi connectivity index (χ4v) is 28.3. The molecule has 0 fully saturated rings. The molecule has 0 nitrogen and oxygen atoms in total. The van der Waals surface area contributed by atoms with E-state index in [9.17, 15) is 0 Å². The molecule has 0 saturated carbocycles. The van der Waals surface area contributed by atoms with Crippen LogP contribution in [0.15, 0.2) is 109 Å². The molecule has 0 N–H and O–H groups in total. The number of fused-ring (bicyclic) bond motifs is 2. The molecule has 0 bridgehead atoms. The third-order valence-corrected chi connectivity index (χ3v) is 28.1. The van der Waals surface area contributed by atoms with Gasteiger partial charge < -0.3 is 0 Å². The van der Waals surface area contributed by atoms with Crippen molar-refractivity contribution in [3.8, 4) is 0 Å². The van der Waals surface area contributed by atoms with Crippen molar-refractivity contribution in [2.75, 3.05) is 0 Å². The molecule has 180 valence electrons. The van der Waals surface area contributed by atoms with E-state index in [0.29, 0.717) is 0 Å². The van der Waals surface area contributed by atoms with Gasteiger partial charge in [-0.05, 0) is 0 Å². The normalized spacial score (nSPS) is 21.7. The summed E-state index contributed by atoms with van der Waals surface area (Å²) in [6, 6.07) is 38.1. The zero-order valence-electron chi connectivity index (χ0n) is 20.7. The van der Waals surface area contributed by atoms with Crippen LogP contribution < -0.4 is 0 Å². The van der Waals surface area contributed by atoms with Crippen LogP contribution in [0.25, 0.3) is 23.3 Å². The fourth-order valence-electron chi connectivity index (χ4n) is 7.09. The van der Waals surface area contributed by atoms with Crippen LogP contribution in [0.2, 0.25) is 9.26 Å². The van der Waals surface area contributed by atoms with Crippen LogP contribution in [0.5, 0.6) is 0 Å². The number of hydrogen-bond donors (Lipinski definition) is 0. The Bertz CT molecular complexity index is 1580. The van der Waals surface area contributed by atoms with Crippen LogP contribution in [0.1, 0.15) is 40.6 Å². The van der Waals surface area contributed by atoms with Crippen molar-refractivity contribution in [2.24, 2.45) is 0 Å². The minimum absolute atomic E-state index is 0.244. The molecule has 6 rings (SSSR count). The predicted molar refractivity (Wildman–Crippen MR) is 158 cm³/mol. The van der Waals surface area contributed by atoms with Crippen LogP contribution in [0.4, 0.5) is 0 Å². The van der Waals surface area contributed by atoms with Gasteiger partial charge in [0.25, 0.3) is 0 Å². The Morgan fingerprint density at radius 3 is 1.25 bits per heavy atom. The van der Waals surface area contributed by atoms with Crippen molar-refractivity contribution in [1.29, 1.82) is 0 Å². The molecule has 0 saturated heterocycles. The Balaban J connectivity index is 1.71. The van der Waals surface area contributed by atoms with Crippen LogP contribution in [0.3, 0.4) is 0 Å². The van der Waals surface area contributed by atoms with Gasteiger partial charge in [0.1, 0.15) is 0 Å². The molecule has 2 atom stereocenters. The van der Waals surface area contributed by atoms with Gasteiger partial charge in [0.15, 0.2) is 0 Å². The van der Waals surface area contributed by atoms with Crippen LogP contribution in [0, 0.1) is 0 Å². The van der Waals surface area contributed by atoms with Gasteiger partial charge in [-0.3, -0.25) is 0 Å². The number of allylic oxidation sites excluding steroid dienone is 2. The summed E-state index contributed by atoms with van der Waals surface area (Å²) in [7, 11) is 16.8. The summed E-state index contributed by atoms with van der Waals surface area (Å²) in [4.78, 5) is 0. The van der Waals surface area contributed by atoms with E-state index in [1.54, 1.807) is 0 Å². The van der Waals surface area contributed by atoms with Gasteiger partial charge in [0.2, 0.25) is 0 Å². The summed E-state index contributed by atoms with van der Waals surface area (Å²) in [5.74, 6) is 0. The second-order valence-corrected chi connectivity index (χ2v) is 58.0. The third kappa shape index (κ3) is 3.55. The molecule has 2 unspecified atom stereocenters. The average molecular weight is 589 g/mol. The van der Waals surface area contributed by atoms with Gasteiger partial charge in [-0.25, -0.2) is 0 Å². The first-order chi connectivity index (χ1) is 16.9. The summed E-state index contributed by atoms with van der Waals surface area (Å²) in [6.07, 6.45) is 4.55. The molecule has 36 heavy (non-hydrogen) atoms. The molecular formula is C33H30Cl2Zr. The Morgan fingerprint density at radius 2 is 0.861 bits per heavy atom. The number of benzene rings is 4. The van der Waals surface area contributed by atoms with Gasteiger partial charge in [0, 0.05) is 0 Å². The second kappa shape index (κ2) is 6.96. The van der Waals surface area contributed by atoms with Crippen molar-refractivity contribution in [1.82, 2.24) is 0 Å². The fraction of sp³-hybridized carbons (Fsp3) is 0.121. The molecule has 0 heterocycles. The summed E-state index contributed by atoms with van der Waals surface area (Å²) in [5, 5.41) is 0. The topological polar surface area (TPSA) is 0 Å². The van der Waals surface area contributed by atoms with Crippen molar-refractivity contribution in [3.63, 3.8) is 0 Å². The Kier molecular flexibility index (Phi) is 4.65. The standard InChI is InChI=1S/2C15H11.2CH3.CH2.2ClH.Zr/c2*1-2-6-12(7-3-1)15-10-13-8-4-5-9-14(13)11-15;;;;;;/h2*1-11H;2*1H3;1H2;2*1H;/q;;;;;;;+2/p-2. The first kappa shape index (κ1) is 24.1. The molecule has 2 aliphatic carbocycles. The first-order valence-electron chi connectivity index (χ1n) is 12.6. The van der Waals surface area contributed by atoms with Crippen molar-refractivity contribution >= 4 is 44.5 Å². The van der Waals surface area contributed by atoms with Crippen LogP contribution >= 0.6 is 17.0 Å². The minimum atomic E-state index is -6.20. The molecule has 0 radical (unpaired) electrons. The molecule has 3 heteroatoms. The maximum absolute atomic E-state index is 8.42. The molecule has 4 aromatic rings. The van der Waals surface area contributed by atoms with E-state index in [4.69, 9.17) is 21.2 Å². The Hall–Kier alpha value is -2.31. The van der Waals surface area contributed by atoms with E-state index < -0.39 is 12.9 Å².